The first kappa shape index (κ1) is 8.33. The van der Waals surface area contributed by atoms with Crippen LogP contribution in [0.3, 0.4) is 0 Å². The van der Waals surface area contributed by atoms with Crippen molar-refractivity contribution in [1.82, 2.24) is 4.90 Å². The average molecular weight is 159 g/mol. The highest BCUT2D eigenvalue weighted by molar-refractivity contribution is 5.68. The molecule has 0 atom stereocenters. The van der Waals surface area contributed by atoms with Crippen molar-refractivity contribution in [3.8, 4) is 0 Å². The van der Waals surface area contributed by atoms with Gasteiger partial charge in [0.05, 0.1) is 6.61 Å². The van der Waals surface area contributed by atoms with Crippen molar-refractivity contribution in [2.24, 2.45) is 0 Å². The number of carbonyl (C=O) groups excluding carboxylic acids is 1. The van der Waals surface area contributed by atoms with E-state index in [1.54, 1.807) is 4.90 Å². The van der Waals surface area contributed by atoms with Gasteiger partial charge in [0.1, 0.15) is 0 Å². The van der Waals surface area contributed by atoms with E-state index in [0.29, 0.717) is 19.6 Å². The van der Waals surface area contributed by atoms with E-state index in [0.717, 1.165) is 13.0 Å². The molecule has 0 spiro atoms. The van der Waals surface area contributed by atoms with Crippen LogP contribution in [0.15, 0.2) is 0 Å². The lowest BCUT2D eigenvalue weighted by atomic mass is 10.3. The van der Waals surface area contributed by atoms with Crippen LogP contribution in [-0.4, -0.2) is 42.4 Å². The number of hydrogen-bond donors (Lipinski definition) is 1. The van der Waals surface area contributed by atoms with Gasteiger partial charge < -0.3 is 14.7 Å². The zero-order chi connectivity index (χ0) is 8.10. The highest BCUT2D eigenvalue weighted by Crippen LogP contribution is 2.04. The molecule has 0 saturated carbocycles. The van der Waals surface area contributed by atoms with Crippen LogP contribution in [0.1, 0.15) is 12.8 Å². The number of aliphatic hydroxyl groups is 1. The number of nitrogens with zero attached hydrogens (tertiary/aromatic N) is 1. The third-order valence-electron chi connectivity index (χ3n) is 1.64. The third kappa shape index (κ3) is 2.38. The molecule has 0 aromatic heterocycles. The molecule has 1 heterocycles. The lowest BCUT2D eigenvalue weighted by molar-refractivity contribution is 0.0705. The van der Waals surface area contributed by atoms with Gasteiger partial charge in [0, 0.05) is 19.7 Å². The minimum Gasteiger partial charge on any atom is -0.449 e. The highest BCUT2D eigenvalue weighted by atomic mass is 16.6. The summed E-state index contributed by atoms with van der Waals surface area (Å²) in [6, 6.07) is 0. The summed E-state index contributed by atoms with van der Waals surface area (Å²) in [5, 5.41) is 8.50. The van der Waals surface area contributed by atoms with E-state index in [4.69, 9.17) is 9.84 Å². The molecule has 4 heteroatoms. The molecule has 1 fully saturated rings. The van der Waals surface area contributed by atoms with Gasteiger partial charge in [-0.2, -0.15) is 0 Å². The maximum absolute atomic E-state index is 10.9. The number of aliphatic hydroxyl groups excluding tert-OH is 1. The third-order valence-corrected chi connectivity index (χ3v) is 1.64. The fourth-order valence-corrected chi connectivity index (χ4v) is 1.06. The molecule has 0 aliphatic carbocycles. The minimum absolute atomic E-state index is 0.129. The normalized spacial score (nSPS) is 18.3. The first-order valence-corrected chi connectivity index (χ1v) is 3.87. The fourth-order valence-electron chi connectivity index (χ4n) is 1.06. The number of hydrogen-bond acceptors (Lipinski definition) is 3. The van der Waals surface area contributed by atoms with Crippen molar-refractivity contribution in [2.45, 2.75) is 12.8 Å². The van der Waals surface area contributed by atoms with E-state index < -0.39 is 0 Å². The van der Waals surface area contributed by atoms with Crippen LogP contribution in [0.25, 0.3) is 0 Å². The van der Waals surface area contributed by atoms with Gasteiger partial charge >= 0.3 is 6.09 Å². The molecular weight excluding hydrogens is 146 g/mol. The summed E-state index contributed by atoms with van der Waals surface area (Å²) in [5.74, 6) is 0. The summed E-state index contributed by atoms with van der Waals surface area (Å²) in [7, 11) is 0. The summed E-state index contributed by atoms with van der Waals surface area (Å²) in [5.41, 5.74) is 0. The first-order chi connectivity index (χ1) is 5.34. The molecule has 1 N–H and O–H groups in total. The Labute approximate surface area is 65.8 Å². The Hall–Kier alpha value is -0.770. The summed E-state index contributed by atoms with van der Waals surface area (Å²) < 4.78 is 4.79. The zero-order valence-corrected chi connectivity index (χ0v) is 6.45. The second-order valence-electron chi connectivity index (χ2n) is 2.53. The summed E-state index contributed by atoms with van der Waals surface area (Å²) in [6.45, 7) is 2.03. The maximum atomic E-state index is 10.9. The molecule has 11 heavy (non-hydrogen) atoms. The predicted octanol–water partition coefficient (Wildman–Crippen LogP) is 0.211. The van der Waals surface area contributed by atoms with E-state index in [-0.39, 0.29) is 12.7 Å². The van der Waals surface area contributed by atoms with Crippen LogP contribution in [0.2, 0.25) is 0 Å². The van der Waals surface area contributed by atoms with E-state index in [1.807, 2.05) is 0 Å². The van der Waals surface area contributed by atoms with Crippen LogP contribution in [0, 0.1) is 0 Å². The maximum Gasteiger partial charge on any atom is 0.409 e. The minimum atomic E-state index is -0.246. The molecule has 0 bridgehead atoms. The van der Waals surface area contributed by atoms with Crippen LogP contribution in [0.5, 0.6) is 0 Å². The Bertz CT molecular complexity index is 138. The SMILES string of the molecule is O=C1OCCCN1CCCO. The van der Waals surface area contributed by atoms with Gasteiger partial charge in [-0.25, -0.2) is 4.79 Å². The second-order valence-corrected chi connectivity index (χ2v) is 2.53. The van der Waals surface area contributed by atoms with E-state index in [9.17, 15) is 4.79 Å². The lowest BCUT2D eigenvalue weighted by Crippen LogP contribution is -2.38. The Balaban J connectivity index is 2.24. The monoisotopic (exact) mass is 159 g/mol. The molecule has 4 nitrogen and oxygen atoms in total. The Morgan fingerprint density at radius 1 is 1.64 bits per heavy atom. The zero-order valence-electron chi connectivity index (χ0n) is 6.45. The van der Waals surface area contributed by atoms with Crippen molar-refractivity contribution in [3.63, 3.8) is 0 Å². The van der Waals surface area contributed by atoms with Gasteiger partial charge in [-0.1, -0.05) is 0 Å². The first-order valence-electron chi connectivity index (χ1n) is 3.87. The van der Waals surface area contributed by atoms with E-state index in [1.165, 1.54) is 0 Å². The second kappa shape index (κ2) is 4.18. The molecule has 1 rings (SSSR count). The lowest BCUT2D eigenvalue weighted by Gasteiger charge is -2.25. The summed E-state index contributed by atoms with van der Waals surface area (Å²) in [6.07, 6.45) is 1.29. The topological polar surface area (TPSA) is 49.8 Å². The Morgan fingerprint density at radius 2 is 2.45 bits per heavy atom. The Kier molecular flexibility index (Phi) is 3.16. The summed E-state index contributed by atoms with van der Waals surface area (Å²) in [4.78, 5) is 12.5. The quantitative estimate of drug-likeness (QED) is 0.640. The van der Waals surface area contributed by atoms with Crippen molar-refractivity contribution in [2.75, 3.05) is 26.3 Å². The number of rotatable bonds is 3. The molecule has 0 aromatic carbocycles. The van der Waals surface area contributed by atoms with Crippen LogP contribution >= 0.6 is 0 Å². The number of cyclic esters (lactones) is 1. The number of carbonyl (C=O) groups is 1. The van der Waals surface area contributed by atoms with Gasteiger partial charge in [-0.15, -0.1) is 0 Å². The number of ether oxygens (including phenoxy) is 1. The number of amides is 1. The molecule has 0 radical (unpaired) electrons. The van der Waals surface area contributed by atoms with Crippen molar-refractivity contribution < 1.29 is 14.6 Å². The molecule has 1 aliphatic heterocycles. The van der Waals surface area contributed by atoms with Crippen molar-refractivity contribution >= 4 is 6.09 Å². The smallest absolute Gasteiger partial charge is 0.409 e. The van der Waals surface area contributed by atoms with Gasteiger partial charge in [0.15, 0.2) is 0 Å². The van der Waals surface area contributed by atoms with Crippen LogP contribution < -0.4 is 0 Å². The largest absolute Gasteiger partial charge is 0.449 e. The molecule has 1 amide bonds. The molecule has 0 unspecified atom stereocenters. The van der Waals surface area contributed by atoms with Gasteiger partial charge in [-0.05, 0) is 12.8 Å². The molecular formula is C7H13NO3. The predicted molar refractivity (Wildman–Crippen MR) is 39.2 cm³/mol. The highest BCUT2D eigenvalue weighted by Gasteiger charge is 2.17. The molecule has 0 aromatic rings. The van der Waals surface area contributed by atoms with E-state index in [2.05, 4.69) is 0 Å². The van der Waals surface area contributed by atoms with Crippen molar-refractivity contribution in [3.05, 3.63) is 0 Å². The van der Waals surface area contributed by atoms with Crippen LogP contribution in [-0.2, 0) is 4.74 Å². The van der Waals surface area contributed by atoms with Gasteiger partial charge in [-0.3, -0.25) is 0 Å². The van der Waals surface area contributed by atoms with Crippen molar-refractivity contribution in [1.29, 1.82) is 0 Å². The van der Waals surface area contributed by atoms with E-state index >= 15 is 0 Å². The Morgan fingerprint density at radius 3 is 3.09 bits per heavy atom. The molecule has 64 valence electrons. The fraction of sp³-hybridized carbons (Fsp3) is 0.857. The summed E-state index contributed by atoms with van der Waals surface area (Å²) >= 11 is 0. The standard InChI is InChI=1S/C7H13NO3/c9-5-1-3-8-4-2-6-11-7(8)10/h9H,1-6H2. The average Bonchev–Trinajstić information content (AvgIpc) is 2.03. The molecule has 1 saturated heterocycles. The molecule has 1 aliphatic rings. The van der Waals surface area contributed by atoms with Gasteiger partial charge in [0.2, 0.25) is 0 Å². The van der Waals surface area contributed by atoms with Crippen LogP contribution in [0.4, 0.5) is 4.79 Å². The van der Waals surface area contributed by atoms with Gasteiger partial charge in [0.25, 0.3) is 0 Å².